The highest BCUT2D eigenvalue weighted by Crippen LogP contribution is 2.44. The second-order valence-corrected chi connectivity index (χ2v) is 13.2. The van der Waals surface area contributed by atoms with E-state index in [-0.39, 0.29) is 74.3 Å². The van der Waals surface area contributed by atoms with Gasteiger partial charge < -0.3 is 0 Å². The highest BCUT2D eigenvalue weighted by atomic mass is 32.1. The number of fused-ring (bicyclic) bond motifs is 10. The molecule has 4 heterocycles. The summed E-state index contributed by atoms with van der Waals surface area (Å²) in [6.07, 6.45) is 0. The van der Waals surface area contributed by atoms with Gasteiger partial charge in [-0.3, -0.25) is 4.57 Å². The van der Waals surface area contributed by atoms with Gasteiger partial charge in [-0.25, -0.2) is 4.98 Å². The summed E-state index contributed by atoms with van der Waals surface area (Å²) in [5.74, 6) is -1.96. The minimum Gasteiger partial charge on any atom is -0.278 e. The molecule has 0 saturated heterocycles. The normalized spacial score (nSPS) is 17.7. The molecule has 11 aromatic rings. The lowest BCUT2D eigenvalue weighted by molar-refractivity contribution is 0.954. The Labute approximate surface area is 330 Å². The van der Waals surface area contributed by atoms with E-state index in [1.54, 1.807) is 30.3 Å². The summed E-state index contributed by atoms with van der Waals surface area (Å²) in [6, 6.07) is -4.60. The van der Waals surface area contributed by atoms with Crippen LogP contribution >= 0.6 is 22.7 Å². The van der Waals surface area contributed by atoms with E-state index in [1.165, 1.54) is 0 Å². The van der Waals surface area contributed by atoms with Crippen molar-refractivity contribution in [3.8, 4) is 39.9 Å². The van der Waals surface area contributed by atoms with Crippen LogP contribution in [0.15, 0.2) is 157 Å². The summed E-state index contributed by atoms with van der Waals surface area (Å²) in [7, 11) is 0. The van der Waals surface area contributed by atoms with E-state index < -0.39 is 149 Å². The topological polar surface area (TPSA) is 43.6 Å². The van der Waals surface area contributed by atoms with Crippen LogP contribution in [0.1, 0.15) is 28.8 Å². The van der Waals surface area contributed by atoms with Crippen molar-refractivity contribution in [2.75, 3.05) is 0 Å². The average Bonchev–Trinajstić information content (AvgIpc) is 4.08. The molecule has 6 heteroatoms. The molecule has 0 amide bonds. The average molecular weight is 708 g/mol. The molecular formula is C45H26N4S2. The third-order valence-electron chi connectivity index (χ3n) is 8.38. The van der Waals surface area contributed by atoms with Crippen LogP contribution in [-0.2, 0) is 0 Å². The van der Waals surface area contributed by atoms with E-state index >= 15 is 0 Å². The van der Waals surface area contributed by atoms with E-state index in [1.807, 2.05) is 0 Å². The third-order valence-corrected chi connectivity index (χ3v) is 10.5. The fourth-order valence-electron chi connectivity index (χ4n) is 6.20. The molecule has 4 nitrogen and oxygen atoms in total. The minimum atomic E-state index is -0.806. The van der Waals surface area contributed by atoms with Gasteiger partial charge in [-0.2, -0.15) is 9.97 Å². The lowest BCUT2D eigenvalue weighted by Crippen LogP contribution is -2.06. The Morgan fingerprint density at radius 1 is 0.471 bits per heavy atom. The summed E-state index contributed by atoms with van der Waals surface area (Å²) >= 11 is 1.64. The Kier molecular flexibility index (Phi) is 3.27. The van der Waals surface area contributed by atoms with Gasteiger partial charge in [0.2, 0.25) is 5.95 Å². The predicted octanol–water partition coefficient (Wildman–Crippen LogP) is 12.7. The van der Waals surface area contributed by atoms with Gasteiger partial charge in [-0.1, -0.05) is 127 Å². The molecule has 0 aliphatic heterocycles. The maximum absolute atomic E-state index is 9.72. The fraction of sp³-hybridized carbons (Fsp3) is 0. The Morgan fingerprint density at radius 3 is 2.10 bits per heavy atom. The molecule has 0 atom stereocenters. The van der Waals surface area contributed by atoms with Crippen LogP contribution in [0, 0.1) is 0 Å². The van der Waals surface area contributed by atoms with Gasteiger partial charge in [-0.05, 0) is 41.3 Å². The Balaban J connectivity index is 1.34. The molecule has 0 fully saturated rings. The first kappa shape index (κ1) is 15.0. The standard InChI is InChI=1S/C45H26N4S2/c1-3-12-27(13-4-1)30-18-11-21-38-40(30)34-23-22-29(26-39(34)50-38)44-46-43(28-14-5-2-6-15-28)47-45(48-44)49-35-19-9-7-17-33(35)41-36(49)25-24-32-31-16-8-10-20-37(31)51-42(32)41/h1-26H/i2D,5D,6D,7D,8D,9D,10D,11D,14D,15D,16D,17D,18D,19D,20D,21D,22D,23D,24D,25D,26D. The number of rotatable bonds is 4. The number of para-hydroxylation sites is 1. The molecule has 0 unspecified atom stereocenters. The smallest absolute Gasteiger partial charge is 0.238 e. The zero-order valence-electron chi connectivity index (χ0n) is 46.5. The maximum atomic E-state index is 9.72. The largest absolute Gasteiger partial charge is 0.278 e. The first-order valence-corrected chi connectivity index (χ1v) is 16.9. The summed E-state index contributed by atoms with van der Waals surface area (Å²) < 4.78 is 189. The number of nitrogens with zero attached hydrogens (tertiary/aromatic N) is 4. The van der Waals surface area contributed by atoms with Crippen LogP contribution < -0.4 is 0 Å². The Hall–Kier alpha value is -6.21. The van der Waals surface area contributed by atoms with Crippen molar-refractivity contribution < 1.29 is 28.8 Å². The zero-order chi connectivity index (χ0) is 51.7. The molecule has 7 aromatic carbocycles. The second kappa shape index (κ2) is 11.2. The SMILES string of the molecule is [2H]c1c([2H])c([2H])c(-c2nc(-c3c([2H])c([2H])c4c(sc5c([2H])c([2H])c([2H])c(-c6ccccc6)c54)c3[2H])nc(-n3c4c([2H])c([2H])c([2H])c([2H])c4c4c5sc6c([2H])c([2H])c([2H])c([2H])c6c5c([2H])c([2H])c43)n2)c([2H])c1[2H]. The molecule has 0 saturated carbocycles. The monoisotopic (exact) mass is 707 g/mol. The molecule has 11 rings (SSSR count). The quantitative estimate of drug-likeness (QED) is 0.183. The van der Waals surface area contributed by atoms with Crippen molar-refractivity contribution in [1.82, 2.24) is 19.5 Å². The summed E-state index contributed by atoms with van der Waals surface area (Å²) in [6.45, 7) is 0. The van der Waals surface area contributed by atoms with Crippen LogP contribution in [0.5, 0.6) is 0 Å². The highest BCUT2D eigenvalue weighted by Gasteiger charge is 2.21. The predicted molar refractivity (Wildman–Crippen MR) is 216 cm³/mol. The number of thiophene rings is 2. The second-order valence-electron chi connectivity index (χ2n) is 11.2. The van der Waals surface area contributed by atoms with E-state index in [4.69, 9.17) is 19.2 Å². The Morgan fingerprint density at radius 2 is 1.22 bits per heavy atom. The maximum Gasteiger partial charge on any atom is 0.238 e. The van der Waals surface area contributed by atoms with Crippen LogP contribution in [0.3, 0.4) is 0 Å². The van der Waals surface area contributed by atoms with Crippen molar-refractivity contribution in [2.24, 2.45) is 0 Å². The number of hydrogen-bond donors (Lipinski definition) is 0. The van der Waals surface area contributed by atoms with Crippen LogP contribution in [0.2, 0.25) is 0 Å². The summed E-state index contributed by atoms with van der Waals surface area (Å²) in [5.41, 5.74) is -1.17. The van der Waals surface area contributed by atoms with Crippen molar-refractivity contribution in [1.29, 1.82) is 0 Å². The van der Waals surface area contributed by atoms with Gasteiger partial charge >= 0.3 is 0 Å². The molecule has 51 heavy (non-hydrogen) atoms. The lowest BCUT2D eigenvalue weighted by Gasteiger charge is -2.11. The minimum absolute atomic E-state index is 0.00243. The molecule has 0 aliphatic rings. The first-order valence-electron chi connectivity index (χ1n) is 25.7. The van der Waals surface area contributed by atoms with Gasteiger partial charge in [0.05, 0.1) is 39.8 Å². The molecule has 0 bridgehead atoms. The highest BCUT2D eigenvalue weighted by molar-refractivity contribution is 7.27. The van der Waals surface area contributed by atoms with Gasteiger partial charge in [0.25, 0.3) is 0 Å². The number of hydrogen-bond acceptors (Lipinski definition) is 5. The van der Waals surface area contributed by atoms with Gasteiger partial charge in [-0.15, -0.1) is 22.7 Å². The molecule has 0 spiro atoms. The van der Waals surface area contributed by atoms with Crippen molar-refractivity contribution in [3.63, 3.8) is 0 Å². The van der Waals surface area contributed by atoms with E-state index in [0.29, 0.717) is 5.56 Å². The van der Waals surface area contributed by atoms with Gasteiger partial charge in [0.15, 0.2) is 11.6 Å². The van der Waals surface area contributed by atoms with Crippen LogP contribution in [-0.4, -0.2) is 19.5 Å². The third kappa shape index (κ3) is 4.40. The van der Waals surface area contributed by atoms with E-state index in [9.17, 15) is 9.60 Å². The van der Waals surface area contributed by atoms with Crippen molar-refractivity contribution >= 4 is 84.8 Å². The number of benzene rings is 7. The lowest BCUT2D eigenvalue weighted by atomic mass is 9.99. The van der Waals surface area contributed by atoms with E-state index in [2.05, 4.69) is 15.0 Å². The molecule has 0 N–H and O–H groups in total. The van der Waals surface area contributed by atoms with Crippen molar-refractivity contribution in [2.45, 2.75) is 0 Å². The molecular weight excluding hydrogens is 661 g/mol. The van der Waals surface area contributed by atoms with Crippen LogP contribution in [0.4, 0.5) is 0 Å². The van der Waals surface area contributed by atoms with Gasteiger partial charge in [0.1, 0.15) is 0 Å². The van der Waals surface area contributed by atoms with Gasteiger partial charge in [0, 0.05) is 62.2 Å². The molecule has 0 radical (unpaired) electrons. The zero-order valence-corrected chi connectivity index (χ0v) is 27.1. The molecule has 238 valence electrons. The Bertz CT molecular complexity index is 4330. The molecule has 4 aromatic heterocycles. The first-order chi connectivity index (χ1) is 34.0. The van der Waals surface area contributed by atoms with E-state index in [0.717, 1.165) is 27.2 Å². The van der Waals surface area contributed by atoms with Crippen molar-refractivity contribution in [3.05, 3.63) is 157 Å². The number of aromatic nitrogens is 4. The molecule has 0 aliphatic carbocycles. The fourth-order valence-corrected chi connectivity index (χ4v) is 8.34. The van der Waals surface area contributed by atoms with Crippen LogP contribution in [0.25, 0.3) is 102 Å². The summed E-state index contributed by atoms with van der Waals surface area (Å²) in [5, 5.41) is -0.397. The summed E-state index contributed by atoms with van der Waals surface area (Å²) in [4.78, 5) is 13.7.